The van der Waals surface area contributed by atoms with Crippen molar-refractivity contribution in [2.24, 2.45) is 5.92 Å². The number of aliphatic hydroxyl groups is 1. The van der Waals surface area contributed by atoms with Gasteiger partial charge in [0.1, 0.15) is 0 Å². The largest absolute Gasteiger partial charge is 0.393 e. The number of rotatable bonds is 5. The molecule has 2 atom stereocenters. The first-order valence-electron chi connectivity index (χ1n) is 7.30. The van der Waals surface area contributed by atoms with Crippen molar-refractivity contribution in [2.75, 3.05) is 13.1 Å². The van der Waals surface area contributed by atoms with Crippen molar-refractivity contribution in [3.63, 3.8) is 0 Å². The Balaban J connectivity index is 1.76. The second kappa shape index (κ2) is 7.20. The van der Waals surface area contributed by atoms with Gasteiger partial charge in [-0.15, -0.1) is 11.3 Å². The van der Waals surface area contributed by atoms with Crippen LogP contribution < -0.4 is 5.32 Å². The highest BCUT2D eigenvalue weighted by atomic mass is 32.1. The first-order valence-corrected chi connectivity index (χ1v) is 8.18. The number of hydrogen-bond acceptors (Lipinski definition) is 4. The molecule has 2 heterocycles. The van der Waals surface area contributed by atoms with Gasteiger partial charge in [-0.05, 0) is 57.1 Å². The number of nitrogens with one attached hydrogen (secondary N) is 1. The summed E-state index contributed by atoms with van der Waals surface area (Å²) in [5, 5.41) is 14.6. The number of hydrogen-bond donors (Lipinski definition) is 2. The van der Waals surface area contributed by atoms with E-state index in [0.29, 0.717) is 12.5 Å². The van der Waals surface area contributed by atoms with E-state index in [-0.39, 0.29) is 18.1 Å². The van der Waals surface area contributed by atoms with E-state index >= 15 is 0 Å². The van der Waals surface area contributed by atoms with Gasteiger partial charge in [-0.3, -0.25) is 9.69 Å². The van der Waals surface area contributed by atoms with Crippen LogP contribution in [0, 0.1) is 5.92 Å². The summed E-state index contributed by atoms with van der Waals surface area (Å²) in [5.41, 5.74) is 0. The van der Waals surface area contributed by atoms with Crippen molar-refractivity contribution in [1.29, 1.82) is 0 Å². The van der Waals surface area contributed by atoms with Gasteiger partial charge in [-0.2, -0.15) is 0 Å². The monoisotopic (exact) mass is 296 g/mol. The molecule has 1 saturated heterocycles. The second-order valence-corrected chi connectivity index (χ2v) is 6.62. The van der Waals surface area contributed by atoms with Crippen LogP contribution in [-0.2, 0) is 11.3 Å². The van der Waals surface area contributed by atoms with E-state index in [1.54, 1.807) is 11.3 Å². The number of likely N-dealkylation sites (tertiary alicyclic amines) is 1. The summed E-state index contributed by atoms with van der Waals surface area (Å²) in [6.07, 6.45) is 1.71. The lowest BCUT2D eigenvalue weighted by Crippen LogP contribution is -2.48. The summed E-state index contributed by atoms with van der Waals surface area (Å²) in [7, 11) is 0. The van der Waals surface area contributed by atoms with Crippen molar-refractivity contribution < 1.29 is 9.90 Å². The van der Waals surface area contributed by atoms with E-state index in [1.807, 2.05) is 31.4 Å². The fourth-order valence-electron chi connectivity index (χ4n) is 2.69. The Morgan fingerprint density at radius 3 is 2.75 bits per heavy atom. The third-order valence-corrected chi connectivity index (χ3v) is 5.08. The van der Waals surface area contributed by atoms with Crippen molar-refractivity contribution in [2.45, 2.75) is 45.4 Å². The molecule has 5 heteroatoms. The van der Waals surface area contributed by atoms with Crippen molar-refractivity contribution in [3.05, 3.63) is 22.4 Å². The van der Waals surface area contributed by atoms with Crippen LogP contribution in [0.15, 0.2) is 17.5 Å². The molecule has 20 heavy (non-hydrogen) atoms. The Morgan fingerprint density at radius 2 is 2.20 bits per heavy atom. The van der Waals surface area contributed by atoms with Gasteiger partial charge in [0.2, 0.25) is 5.91 Å². The Labute approximate surface area is 124 Å². The van der Waals surface area contributed by atoms with E-state index in [9.17, 15) is 9.90 Å². The maximum absolute atomic E-state index is 12.2. The molecule has 1 aliphatic heterocycles. The van der Waals surface area contributed by atoms with Gasteiger partial charge in [0.05, 0.1) is 18.7 Å². The van der Waals surface area contributed by atoms with Gasteiger partial charge in [0, 0.05) is 4.88 Å². The molecule has 2 unspecified atom stereocenters. The first-order chi connectivity index (χ1) is 9.58. The molecule has 0 spiro atoms. The second-order valence-electron chi connectivity index (χ2n) is 5.59. The Kier molecular flexibility index (Phi) is 5.57. The molecule has 0 aliphatic carbocycles. The third kappa shape index (κ3) is 4.04. The Bertz CT molecular complexity index is 412. The molecular weight excluding hydrogens is 272 g/mol. The fourth-order valence-corrected chi connectivity index (χ4v) is 3.33. The van der Waals surface area contributed by atoms with Crippen LogP contribution in [0.1, 0.15) is 31.6 Å². The highest BCUT2D eigenvalue weighted by Crippen LogP contribution is 2.22. The predicted molar refractivity (Wildman–Crippen MR) is 81.6 cm³/mol. The normalized spacial score (nSPS) is 20.6. The number of carbonyl (C=O) groups excluding carboxylic acids is 1. The minimum atomic E-state index is -0.236. The Morgan fingerprint density at radius 1 is 1.50 bits per heavy atom. The average Bonchev–Trinajstić information content (AvgIpc) is 2.97. The van der Waals surface area contributed by atoms with Crippen LogP contribution in [0.4, 0.5) is 0 Å². The van der Waals surface area contributed by atoms with Gasteiger partial charge in [-0.25, -0.2) is 0 Å². The molecule has 1 amide bonds. The molecule has 0 bridgehead atoms. The van der Waals surface area contributed by atoms with Crippen LogP contribution in [0.25, 0.3) is 0 Å². The van der Waals surface area contributed by atoms with E-state index in [1.165, 1.54) is 4.88 Å². The SMILES string of the molecule is CC(O)C1CCN(C(C)C(=O)NCc2cccs2)CC1. The third-order valence-electron chi connectivity index (χ3n) is 4.20. The lowest BCUT2D eigenvalue weighted by atomic mass is 9.91. The Hall–Kier alpha value is -0.910. The number of amides is 1. The quantitative estimate of drug-likeness (QED) is 0.872. The summed E-state index contributed by atoms with van der Waals surface area (Å²) in [4.78, 5) is 15.5. The smallest absolute Gasteiger partial charge is 0.237 e. The van der Waals surface area contributed by atoms with Crippen LogP contribution in [0.3, 0.4) is 0 Å². The van der Waals surface area contributed by atoms with Crippen molar-refractivity contribution in [1.82, 2.24) is 10.2 Å². The summed E-state index contributed by atoms with van der Waals surface area (Å²) >= 11 is 1.66. The molecule has 112 valence electrons. The van der Waals surface area contributed by atoms with Crippen LogP contribution in [0.2, 0.25) is 0 Å². The summed E-state index contributed by atoms with van der Waals surface area (Å²) < 4.78 is 0. The van der Waals surface area contributed by atoms with E-state index in [4.69, 9.17) is 0 Å². The number of nitrogens with zero attached hydrogens (tertiary/aromatic N) is 1. The molecule has 4 nitrogen and oxygen atoms in total. The van der Waals surface area contributed by atoms with E-state index < -0.39 is 0 Å². The molecule has 0 aromatic carbocycles. The van der Waals surface area contributed by atoms with Crippen LogP contribution >= 0.6 is 11.3 Å². The zero-order valence-corrected chi connectivity index (χ0v) is 13.0. The highest BCUT2D eigenvalue weighted by molar-refractivity contribution is 7.09. The minimum Gasteiger partial charge on any atom is -0.393 e. The number of thiophene rings is 1. The van der Waals surface area contributed by atoms with Gasteiger partial charge in [-0.1, -0.05) is 6.07 Å². The number of aliphatic hydroxyl groups excluding tert-OH is 1. The number of piperidine rings is 1. The van der Waals surface area contributed by atoms with Gasteiger partial charge >= 0.3 is 0 Å². The zero-order chi connectivity index (χ0) is 14.5. The standard InChI is InChI=1S/C15H24N2O2S/c1-11(15(19)16-10-14-4-3-9-20-14)17-7-5-13(6-8-17)12(2)18/h3-4,9,11-13,18H,5-8,10H2,1-2H3,(H,16,19). The van der Waals surface area contributed by atoms with Gasteiger partial charge < -0.3 is 10.4 Å². The van der Waals surface area contributed by atoms with Crippen LogP contribution in [0.5, 0.6) is 0 Å². The van der Waals surface area contributed by atoms with Gasteiger partial charge in [0.15, 0.2) is 0 Å². The molecule has 1 fully saturated rings. The van der Waals surface area contributed by atoms with Gasteiger partial charge in [0.25, 0.3) is 0 Å². The molecule has 1 aliphatic rings. The molecule has 2 N–H and O–H groups in total. The van der Waals surface area contributed by atoms with Crippen molar-refractivity contribution >= 4 is 17.2 Å². The zero-order valence-electron chi connectivity index (χ0n) is 12.2. The average molecular weight is 296 g/mol. The predicted octanol–water partition coefficient (Wildman–Crippen LogP) is 1.85. The van der Waals surface area contributed by atoms with Crippen LogP contribution in [-0.4, -0.2) is 41.1 Å². The lowest BCUT2D eigenvalue weighted by molar-refractivity contribution is -0.126. The summed E-state index contributed by atoms with van der Waals surface area (Å²) in [6.45, 7) is 6.22. The van der Waals surface area contributed by atoms with E-state index in [0.717, 1.165) is 25.9 Å². The number of carbonyl (C=O) groups is 1. The fraction of sp³-hybridized carbons (Fsp3) is 0.667. The summed E-state index contributed by atoms with van der Waals surface area (Å²) in [5.74, 6) is 0.474. The summed E-state index contributed by atoms with van der Waals surface area (Å²) in [6, 6.07) is 3.94. The first kappa shape index (κ1) is 15.5. The lowest BCUT2D eigenvalue weighted by Gasteiger charge is -2.36. The molecule has 1 aromatic rings. The molecule has 0 saturated carbocycles. The maximum Gasteiger partial charge on any atom is 0.237 e. The minimum absolute atomic E-state index is 0.0916. The topological polar surface area (TPSA) is 52.6 Å². The van der Waals surface area contributed by atoms with E-state index in [2.05, 4.69) is 10.2 Å². The molecular formula is C15H24N2O2S. The highest BCUT2D eigenvalue weighted by Gasteiger charge is 2.28. The molecule has 0 radical (unpaired) electrons. The molecule has 2 rings (SSSR count). The molecule has 1 aromatic heterocycles. The van der Waals surface area contributed by atoms with Crippen molar-refractivity contribution in [3.8, 4) is 0 Å². The maximum atomic E-state index is 12.2.